The van der Waals surface area contributed by atoms with E-state index in [1.807, 2.05) is 24.9 Å². The molecule has 1 amide bonds. The van der Waals surface area contributed by atoms with Gasteiger partial charge in [0.1, 0.15) is 5.69 Å². The van der Waals surface area contributed by atoms with Crippen molar-refractivity contribution in [2.75, 3.05) is 19.6 Å². The molecule has 23 heavy (non-hydrogen) atoms. The first kappa shape index (κ1) is 15.7. The molecule has 0 saturated carbocycles. The second kappa shape index (κ2) is 6.54. The molecular formula is C18H24N4O. The van der Waals surface area contributed by atoms with Gasteiger partial charge in [0.2, 0.25) is 0 Å². The van der Waals surface area contributed by atoms with Gasteiger partial charge in [0.25, 0.3) is 5.91 Å². The predicted molar refractivity (Wildman–Crippen MR) is 90.4 cm³/mol. The topological polar surface area (TPSA) is 50.2 Å². The number of aromatic nitrogens is 2. The average Bonchev–Trinajstić information content (AvgIpc) is 2.92. The summed E-state index contributed by atoms with van der Waals surface area (Å²) in [6.07, 6.45) is 1.03. The first-order valence-corrected chi connectivity index (χ1v) is 8.21. The molecule has 1 aliphatic rings. The number of amides is 1. The highest BCUT2D eigenvalue weighted by Crippen LogP contribution is 2.24. The normalized spacial score (nSPS) is 18.2. The molecule has 0 radical (unpaired) electrons. The molecule has 0 spiro atoms. The molecule has 1 aliphatic heterocycles. The lowest BCUT2D eigenvalue weighted by Crippen LogP contribution is -2.49. The Morgan fingerprint density at radius 1 is 1.35 bits per heavy atom. The van der Waals surface area contributed by atoms with Crippen LogP contribution in [-0.2, 0) is 13.5 Å². The molecule has 0 bridgehead atoms. The van der Waals surface area contributed by atoms with Crippen molar-refractivity contribution >= 4 is 5.91 Å². The van der Waals surface area contributed by atoms with Crippen molar-refractivity contribution in [2.45, 2.75) is 26.3 Å². The number of hydrogen-bond acceptors (Lipinski definition) is 3. The summed E-state index contributed by atoms with van der Waals surface area (Å²) in [5.74, 6) is 0.0548. The van der Waals surface area contributed by atoms with Gasteiger partial charge in [-0.15, -0.1) is 0 Å². The van der Waals surface area contributed by atoms with E-state index in [0.717, 1.165) is 25.2 Å². The minimum Gasteiger partial charge on any atom is -0.328 e. The van der Waals surface area contributed by atoms with Gasteiger partial charge >= 0.3 is 0 Å². The maximum absolute atomic E-state index is 13.0. The van der Waals surface area contributed by atoms with Gasteiger partial charge < -0.3 is 10.2 Å². The van der Waals surface area contributed by atoms with Crippen LogP contribution >= 0.6 is 0 Å². The first-order valence-electron chi connectivity index (χ1n) is 8.21. The second-order valence-corrected chi connectivity index (χ2v) is 6.11. The van der Waals surface area contributed by atoms with E-state index in [9.17, 15) is 4.79 Å². The molecule has 1 aromatic carbocycles. The van der Waals surface area contributed by atoms with Crippen LogP contribution in [0, 0.1) is 6.92 Å². The molecule has 3 rings (SSSR count). The lowest BCUT2D eigenvalue weighted by Gasteiger charge is -2.36. The highest BCUT2D eigenvalue weighted by atomic mass is 16.2. The van der Waals surface area contributed by atoms with Crippen LogP contribution in [0.4, 0.5) is 0 Å². The SMILES string of the molecule is CCc1ccc(C2CNCCN2C(=O)c2cc(C)nn2C)cc1. The fraction of sp³-hybridized carbons (Fsp3) is 0.444. The van der Waals surface area contributed by atoms with E-state index in [1.54, 1.807) is 4.68 Å². The summed E-state index contributed by atoms with van der Waals surface area (Å²) >= 11 is 0. The minimum atomic E-state index is 0.0548. The number of carbonyl (C=O) groups is 1. The van der Waals surface area contributed by atoms with Crippen LogP contribution in [0.1, 0.15) is 40.3 Å². The molecule has 1 N–H and O–H groups in total. The highest BCUT2D eigenvalue weighted by Gasteiger charge is 2.30. The highest BCUT2D eigenvalue weighted by molar-refractivity contribution is 5.93. The van der Waals surface area contributed by atoms with Crippen LogP contribution in [0.3, 0.4) is 0 Å². The second-order valence-electron chi connectivity index (χ2n) is 6.11. The molecule has 1 fully saturated rings. The van der Waals surface area contributed by atoms with Crippen LogP contribution in [0.25, 0.3) is 0 Å². The number of rotatable bonds is 3. The minimum absolute atomic E-state index is 0.0548. The number of nitrogens with one attached hydrogen (secondary N) is 1. The van der Waals surface area contributed by atoms with Crippen molar-refractivity contribution in [3.8, 4) is 0 Å². The number of piperazine rings is 1. The Hall–Kier alpha value is -2.14. The third-order valence-corrected chi connectivity index (χ3v) is 4.50. The van der Waals surface area contributed by atoms with Gasteiger partial charge in [-0.3, -0.25) is 9.48 Å². The summed E-state index contributed by atoms with van der Waals surface area (Å²) in [4.78, 5) is 14.9. The number of nitrogens with zero attached hydrogens (tertiary/aromatic N) is 3. The molecule has 0 aliphatic carbocycles. The van der Waals surface area contributed by atoms with Gasteiger partial charge in [-0.05, 0) is 30.5 Å². The van der Waals surface area contributed by atoms with E-state index in [4.69, 9.17) is 0 Å². The number of hydrogen-bond donors (Lipinski definition) is 1. The summed E-state index contributed by atoms with van der Waals surface area (Å²) in [7, 11) is 1.83. The van der Waals surface area contributed by atoms with Crippen LogP contribution < -0.4 is 5.32 Å². The summed E-state index contributed by atoms with van der Waals surface area (Å²) < 4.78 is 1.68. The Morgan fingerprint density at radius 2 is 2.09 bits per heavy atom. The van der Waals surface area contributed by atoms with Crippen LogP contribution in [0.15, 0.2) is 30.3 Å². The van der Waals surface area contributed by atoms with Crippen molar-refractivity contribution in [1.82, 2.24) is 20.0 Å². The number of aryl methyl sites for hydroxylation is 3. The monoisotopic (exact) mass is 312 g/mol. The van der Waals surface area contributed by atoms with E-state index >= 15 is 0 Å². The molecule has 122 valence electrons. The van der Waals surface area contributed by atoms with E-state index < -0.39 is 0 Å². The molecule has 1 aromatic heterocycles. The van der Waals surface area contributed by atoms with Gasteiger partial charge in [0.15, 0.2) is 0 Å². The maximum atomic E-state index is 13.0. The van der Waals surface area contributed by atoms with Gasteiger partial charge in [-0.1, -0.05) is 31.2 Å². The molecule has 2 aromatic rings. The average molecular weight is 312 g/mol. The van der Waals surface area contributed by atoms with Gasteiger partial charge in [0.05, 0.1) is 11.7 Å². The summed E-state index contributed by atoms with van der Waals surface area (Å²) in [6, 6.07) is 10.5. The summed E-state index contributed by atoms with van der Waals surface area (Å²) in [5, 5.41) is 7.70. The Labute approximate surface area is 137 Å². The summed E-state index contributed by atoms with van der Waals surface area (Å²) in [5.41, 5.74) is 4.02. The Balaban J connectivity index is 1.88. The Bertz CT molecular complexity index is 690. The van der Waals surface area contributed by atoms with Crippen molar-refractivity contribution in [1.29, 1.82) is 0 Å². The van der Waals surface area contributed by atoms with Gasteiger partial charge in [-0.2, -0.15) is 5.10 Å². The van der Waals surface area contributed by atoms with Crippen molar-refractivity contribution in [3.63, 3.8) is 0 Å². The zero-order valence-electron chi connectivity index (χ0n) is 14.0. The molecule has 1 atom stereocenters. The molecular weight excluding hydrogens is 288 g/mol. The standard InChI is InChI=1S/C18H24N4O/c1-4-14-5-7-15(8-6-14)17-12-19-9-10-22(17)18(23)16-11-13(2)20-21(16)3/h5-8,11,17,19H,4,9-10,12H2,1-3H3. The smallest absolute Gasteiger partial charge is 0.272 e. The van der Waals surface area contributed by atoms with Crippen LogP contribution in [-0.4, -0.2) is 40.2 Å². The third kappa shape index (κ3) is 3.15. The first-order chi connectivity index (χ1) is 11.1. The van der Waals surface area contributed by atoms with E-state index in [-0.39, 0.29) is 11.9 Å². The van der Waals surface area contributed by atoms with E-state index in [1.165, 1.54) is 11.1 Å². The van der Waals surface area contributed by atoms with Gasteiger partial charge in [-0.25, -0.2) is 0 Å². The molecule has 1 unspecified atom stereocenters. The van der Waals surface area contributed by atoms with E-state index in [2.05, 4.69) is 41.6 Å². The lowest BCUT2D eigenvalue weighted by atomic mass is 10.0. The number of carbonyl (C=O) groups excluding carboxylic acids is 1. The fourth-order valence-electron chi connectivity index (χ4n) is 3.18. The van der Waals surface area contributed by atoms with Crippen molar-refractivity contribution in [2.24, 2.45) is 7.05 Å². The lowest BCUT2D eigenvalue weighted by molar-refractivity contribution is 0.0623. The number of benzene rings is 1. The van der Waals surface area contributed by atoms with Gasteiger partial charge in [0, 0.05) is 26.7 Å². The third-order valence-electron chi connectivity index (χ3n) is 4.50. The van der Waals surface area contributed by atoms with Crippen molar-refractivity contribution in [3.05, 3.63) is 52.8 Å². The Morgan fingerprint density at radius 3 is 2.70 bits per heavy atom. The molecule has 5 nitrogen and oxygen atoms in total. The molecule has 1 saturated heterocycles. The van der Waals surface area contributed by atoms with Crippen LogP contribution in [0.2, 0.25) is 0 Å². The Kier molecular flexibility index (Phi) is 4.48. The molecule has 5 heteroatoms. The molecule has 2 heterocycles. The van der Waals surface area contributed by atoms with E-state index in [0.29, 0.717) is 12.2 Å². The van der Waals surface area contributed by atoms with Crippen molar-refractivity contribution < 1.29 is 4.79 Å². The predicted octanol–water partition coefficient (Wildman–Crippen LogP) is 2.08. The maximum Gasteiger partial charge on any atom is 0.272 e. The quantitative estimate of drug-likeness (QED) is 0.944. The summed E-state index contributed by atoms with van der Waals surface area (Å²) in [6.45, 7) is 6.39. The zero-order chi connectivity index (χ0) is 16.4. The largest absolute Gasteiger partial charge is 0.328 e. The van der Waals surface area contributed by atoms with Crippen LogP contribution in [0.5, 0.6) is 0 Å². The fourth-order valence-corrected chi connectivity index (χ4v) is 3.18. The zero-order valence-corrected chi connectivity index (χ0v) is 14.0.